The van der Waals surface area contributed by atoms with Crippen LogP contribution >= 0.6 is 0 Å². The number of esters is 1. The maximum absolute atomic E-state index is 12.0. The van der Waals surface area contributed by atoms with Gasteiger partial charge in [0.1, 0.15) is 0 Å². The fourth-order valence-electron chi connectivity index (χ4n) is 2.75. The zero-order valence-electron chi connectivity index (χ0n) is 12.1. The van der Waals surface area contributed by atoms with E-state index in [1.165, 1.54) is 6.42 Å². The van der Waals surface area contributed by atoms with Crippen LogP contribution in [0.1, 0.15) is 46.5 Å². The first-order valence-electron chi connectivity index (χ1n) is 7.20. The van der Waals surface area contributed by atoms with Crippen molar-refractivity contribution in [3.8, 4) is 0 Å². The highest BCUT2D eigenvalue weighted by Gasteiger charge is 2.31. The van der Waals surface area contributed by atoms with Gasteiger partial charge in [-0.3, -0.25) is 4.79 Å². The van der Waals surface area contributed by atoms with Crippen molar-refractivity contribution in [3.63, 3.8) is 0 Å². The third kappa shape index (κ3) is 4.49. The minimum absolute atomic E-state index is 0.127. The summed E-state index contributed by atoms with van der Waals surface area (Å²) in [7, 11) is 0. The van der Waals surface area contributed by atoms with Crippen molar-refractivity contribution in [2.45, 2.75) is 58.5 Å². The van der Waals surface area contributed by atoms with Crippen LogP contribution in [0.2, 0.25) is 0 Å². The lowest BCUT2D eigenvalue weighted by molar-refractivity contribution is -0.148. The molecule has 0 spiro atoms. The van der Waals surface area contributed by atoms with Gasteiger partial charge >= 0.3 is 5.97 Å². The van der Waals surface area contributed by atoms with Gasteiger partial charge in [0, 0.05) is 6.04 Å². The summed E-state index contributed by atoms with van der Waals surface area (Å²) in [5.41, 5.74) is 5.60. The van der Waals surface area contributed by atoms with Gasteiger partial charge in [-0.25, -0.2) is 4.79 Å². The zero-order valence-corrected chi connectivity index (χ0v) is 12.1. The van der Waals surface area contributed by atoms with Gasteiger partial charge in [-0.15, -0.1) is 0 Å². The minimum Gasteiger partial charge on any atom is -0.464 e. The van der Waals surface area contributed by atoms with Crippen molar-refractivity contribution in [2.75, 3.05) is 6.61 Å². The Balaban J connectivity index is 2.56. The predicted octanol–water partition coefficient (Wildman–Crippen LogP) is 1.21. The van der Waals surface area contributed by atoms with Gasteiger partial charge in [0.05, 0.1) is 6.61 Å². The number of amides is 1. The van der Waals surface area contributed by atoms with Crippen LogP contribution in [0.15, 0.2) is 0 Å². The first-order valence-corrected chi connectivity index (χ1v) is 7.20. The van der Waals surface area contributed by atoms with Gasteiger partial charge in [0.15, 0.2) is 6.04 Å². The van der Waals surface area contributed by atoms with E-state index < -0.39 is 17.9 Å². The third-order valence-corrected chi connectivity index (χ3v) is 3.83. The SMILES string of the molecule is CCOC(=O)C(N)C(=O)NC1CCCCC1C(C)C. The molecule has 0 bridgehead atoms. The largest absolute Gasteiger partial charge is 0.464 e. The van der Waals surface area contributed by atoms with Gasteiger partial charge < -0.3 is 15.8 Å². The number of hydrogen-bond acceptors (Lipinski definition) is 4. The standard InChI is InChI=1S/C14H26N2O3/c1-4-19-14(18)12(15)13(17)16-11-8-6-5-7-10(11)9(2)3/h9-12H,4-8,15H2,1-3H3,(H,16,17). The summed E-state index contributed by atoms with van der Waals surface area (Å²) < 4.78 is 4.76. The molecular weight excluding hydrogens is 244 g/mol. The summed E-state index contributed by atoms with van der Waals surface area (Å²) in [5, 5.41) is 2.92. The van der Waals surface area contributed by atoms with Gasteiger partial charge in [-0.05, 0) is 31.6 Å². The van der Waals surface area contributed by atoms with Crippen molar-refractivity contribution >= 4 is 11.9 Å². The van der Waals surface area contributed by atoms with Crippen LogP contribution in [-0.4, -0.2) is 30.6 Å². The Labute approximate surface area is 115 Å². The Bertz CT molecular complexity index is 318. The van der Waals surface area contributed by atoms with E-state index >= 15 is 0 Å². The molecule has 1 fully saturated rings. The van der Waals surface area contributed by atoms with E-state index in [0.29, 0.717) is 11.8 Å². The summed E-state index contributed by atoms with van der Waals surface area (Å²) in [4.78, 5) is 23.4. The van der Waals surface area contributed by atoms with E-state index in [9.17, 15) is 9.59 Å². The molecule has 5 nitrogen and oxygen atoms in total. The van der Waals surface area contributed by atoms with E-state index in [1.54, 1.807) is 6.92 Å². The minimum atomic E-state index is -1.21. The van der Waals surface area contributed by atoms with Crippen molar-refractivity contribution in [1.29, 1.82) is 0 Å². The van der Waals surface area contributed by atoms with E-state index in [2.05, 4.69) is 19.2 Å². The van der Waals surface area contributed by atoms with E-state index in [4.69, 9.17) is 10.5 Å². The molecule has 1 amide bonds. The zero-order chi connectivity index (χ0) is 14.4. The quantitative estimate of drug-likeness (QED) is 0.581. The lowest BCUT2D eigenvalue weighted by atomic mass is 9.78. The summed E-state index contributed by atoms with van der Waals surface area (Å²) in [6.07, 6.45) is 4.41. The van der Waals surface area contributed by atoms with E-state index in [-0.39, 0.29) is 12.6 Å². The molecule has 19 heavy (non-hydrogen) atoms. The number of nitrogens with one attached hydrogen (secondary N) is 1. The first kappa shape index (κ1) is 16.0. The molecule has 3 N–H and O–H groups in total. The molecular formula is C14H26N2O3. The number of hydrogen-bond donors (Lipinski definition) is 2. The molecule has 0 aromatic carbocycles. The molecule has 0 radical (unpaired) electrons. The van der Waals surface area contributed by atoms with Crippen LogP contribution in [0.3, 0.4) is 0 Å². The fourth-order valence-corrected chi connectivity index (χ4v) is 2.75. The van der Waals surface area contributed by atoms with Gasteiger partial charge in [-0.2, -0.15) is 0 Å². The highest BCUT2D eigenvalue weighted by Crippen LogP contribution is 2.30. The lowest BCUT2D eigenvalue weighted by Gasteiger charge is -2.35. The topological polar surface area (TPSA) is 81.4 Å². The molecule has 1 aliphatic carbocycles. The molecule has 0 aromatic heterocycles. The van der Waals surface area contributed by atoms with Crippen LogP contribution in [-0.2, 0) is 14.3 Å². The molecule has 1 rings (SSSR count). The molecule has 0 heterocycles. The second-order valence-electron chi connectivity index (χ2n) is 5.54. The van der Waals surface area contributed by atoms with Crippen LogP contribution in [0.5, 0.6) is 0 Å². The molecule has 3 unspecified atom stereocenters. The Morgan fingerprint density at radius 1 is 1.32 bits per heavy atom. The van der Waals surface area contributed by atoms with Crippen LogP contribution < -0.4 is 11.1 Å². The summed E-state index contributed by atoms with van der Waals surface area (Å²) in [6.45, 7) is 6.26. The summed E-state index contributed by atoms with van der Waals surface area (Å²) in [5.74, 6) is -0.0931. The summed E-state index contributed by atoms with van der Waals surface area (Å²) in [6, 6.07) is -1.09. The Morgan fingerprint density at radius 2 is 1.95 bits per heavy atom. The van der Waals surface area contributed by atoms with Crippen molar-refractivity contribution in [1.82, 2.24) is 5.32 Å². The average Bonchev–Trinajstić information content (AvgIpc) is 2.38. The molecule has 0 aromatic rings. The number of ether oxygens (including phenoxy) is 1. The van der Waals surface area contributed by atoms with E-state index in [0.717, 1.165) is 19.3 Å². The Hall–Kier alpha value is -1.10. The highest BCUT2D eigenvalue weighted by atomic mass is 16.5. The van der Waals surface area contributed by atoms with Crippen LogP contribution in [0.4, 0.5) is 0 Å². The van der Waals surface area contributed by atoms with Gasteiger partial charge in [0.25, 0.3) is 0 Å². The first-order chi connectivity index (χ1) is 8.97. The molecule has 5 heteroatoms. The number of carbonyl (C=O) groups excluding carboxylic acids is 2. The molecule has 1 aliphatic rings. The number of rotatable bonds is 5. The maximum Gasteiger partial charge on any atom is 0.332 e. The second-order valence-corrected chi connectivity index (χ2v) is 5.54. The molecule has 0 saturated heterocycles. The van der Waals surface area contributed by atoms with Crippen LogP contribution in [0, 0.1) is 11.8 Å². The molecule has 3 atom stereocenters. The van der Waals surface area contributed by atoms with Crippen LogP contribution in [0.25, 0.3) is 0 Å². The van der Waals surface area contributed by atoms with E-state index in [1.807, 2.05) is 0 Å². The van der Waals surface area contributed by atoms with Gasteiger partial charge in [0.2, 0.25) is 5.91 Å². The lowest BCUT2D eigenvalue weighted by Crippen LogP contribution is -2.53. The molecule has 1 saturated carbocycles. The monoisotopic (exact) mass is 270 g/mol. The third-order valence-electron chi connectivity index (χ3n) is 3.83. The predicted molar refractivity (Wildman–Crippen MR) is 73.3 cm³/mol. The van der Waals surface area contributed by atoms with Gasteiger partial charge in [-0.1, -0.05) is 26.7 Å². The van der Waals surface area contributed by atoms with Crippen molar-refractivity contribution in [2.24, 2.45) is 17.6 Å². The van der Waals surface area contributed by atoms with Crippen molar-refractivity contribution < 1.29 is 14.3 Å². The number of carbonyl (C=O) groups is 2. The molecule has 0 aliphatic heterocycles. The normalized spacial score (nSPS) is 24.9. The number of nitrogens with two attached hydrogens (primary N) is 1. The average molecular weight is 270 g/mol. The molecule has 110 valence electrons. The smallest absolute Gasteiger partial charge is 0.332 e. The Kier molecular flexibility index (Phi) is 6.28. The maximum atomic E-state index is 12.0. The summed E-state index contributed by atoms with van der Waals surface area (Å²) >= 11 is 0. The fraction of sp³-hybridized carbons (Fsp3) is 0.857. The Morgan fingerprint density at radius 3 is 2.53 bits per heavy atom. The highest BCUT2D eigenvalue weighted by molar-refractivity contribution is 6.01. The second kappa shape index (κ2) is 7.48. The van der Waals surface area contributed by atoms with Crippen molar-refractivity contribution in [3.05, 3.63) is 0 Å².